The van der Waals surface area contributed by atoms with Crippen LogP contribution in [0.3, 0.4) is 0 Å². The minimum Gasteiger partial charge on any atom is -0.379 e. The molecule has 0 N–H and O–H groups in total. The molecule has 0 aromatic rings. The van der Waals surface area contributed by atoms with Crippen LogP contribution in [0.4, 0.5) is 4.39 Å². The maximum absolute atomic E-state index is 14.6. The lowest BCUT2D eigenvalue weighted by Gasteiger charge is -2.40. The normalized spacial score (nSPS) is 36.7. The molecule has 2 aliphatic rings. The number of morpholine rings is 1. The molecule has 15 heavy (non-hydrogen) atoms. The molecule has 2 rings (SSSR count). The van der Waals surface area contributed by atoms with Crippen molar-refractivity contribution >= 4 is 6.29 Å². The minimum absolute atomic E-state index is 0.523. The van der Waals surface area contributed by atoms with Crippen LogP contribution in [0, 0.1) is 5.92 Å². The van der Waals surface area contributed by atoms with E-state index in [0.29, 0.717) is 32.6 Å². The van der Waals surface area contributed by atoms with Gasteiger partial charge in [-0.1, -0.05) is 18.2 Å². The van der Waals surface area contributed by atoms with Crippen molar-refractivity contribution in [2.45, 2.75) is 5.79 Å². The van der Waals surface area contributed by atoms with Crippen LogP contribution >= 0.6 is 0 Å². The third kappa shape index (κ3) is 1.87. The van der Waals surface area contributed by atoms with Gasteiger partial charge in [0.15, 0.2) is 5.79 Å². The quantitative estimate of drug-likeness (QED) is 0.502. The number of hydrogen-bond donors (Lipinski definition) is 0. The maximum Gasteiger partial charge on any atom is 0.196 e. The second-order valence-electron chi connectivity index (χ2n) is 3.73. The Balaban J connectivity index is 2.18. The molecule has 2 atom stereocenters. The lowest BCUT2D eigenvalue weighted by Crippen LogP contribution is -2.54. The Bertz CT molecular complexity index is 297. The molecule has 0 saturated carbocycles. The van der Waals surface area contributed by atoms with Gasteiger partial charge in [-0.2, -0.15) is 0 Å². The minimum atomic E-state index is -1.67. The summed E-state index contributed by atoms with van der Waals surface area (Å²) in [6.45, 7) is 2.10. The van der Waals surface area contributed by atoms with Crippen LogP contribution in [0.15, 0.2) is 24.3 Å². The summed E-state index contributed by atoms with van der Waals surface area (Å²) in [7, 11) is 0. The Kier molecular flexibility index (Phi) is 2.98. The molecule has 1 saturated heterocycles. The molecule has 4 heteroatoms. The first-order valence-corrected chi connectivity index (χ1v) is 5.10. The fourth-order valence-electron chi connectivity index (χ4n) is 1.98. The molecule has 3 nitrogen and oxygen atoms in total. The van der Waals surface area contributed by atoms with Crippen LogP contribution in [0.25, 0.3) is 0 Å². The van der Waals surface area contributed by atoms with Crippen molar-refractivity contribution in [2.75, 3.05) is 26.3 Å². The molecule has 1 aliphatic carbocycles. The zero-order valence-corrected chi connectivity index (χ0v) is 8.43. The number of alkyl halides is 1. The van der Waals surface area contributed by atoms with E-state index in [4.69, 9.17) is 4.74 Å². The highest BCUT2D eigenvalue weighted by molar-refractivity contribution is 5.61. The summed E-state index contributed by atoms with van der Waals surface area (Å²) in [5.41, 5.74) is 0. The van der Waals surface area contributed by atoms with E-state index in [-0.39, 0.29) is 0 Å². The molecule has 0 aromatic carbocycles. The van der Waals surface area contributed by atoms with Crippen LogP contribution < -0.4 is 0 Å². The van der Waals surface area contributed by atoms with Gasteiger partial charge < -0.3 is 9.53 Å². The van der Waals surface area contributed by atoms with Crippen molar-refractivity contribution < 1.29 is 13.9 Å². The van der Waals surface area contributed by atoms with Gasteiger partial charge in [0.2, 0.25) is 0 Å². The summed E-state index contributed by atoms with van der Waals surface area (Å²) in [5.74, 6) is -2.37. The Morgan fingerprint density at radius 1 is 1.40 bits per heavy atom. The van der Waals surface area contributed by atoms with Gasteiger partial charge in [0.25, 0.3) is 0 Å². The van der Waals surface area contributed by atoms with Crippen LogP contribution in [0.1, 0.15) is 0 Å². The largest absolute Gasteiger partial charge is 0.379 e. The van der Waals surface area contributed by atoms with E-state index in [9.17, 15) is 9.18 Å². The molecular weight excluding hydrogens is 197 g/mol. The number of ether oxygens (including phenoxy) is 1. The van der Waals surface area contributed by atoms with Crippen molar-refractivity contribution in [3.05, 3.63) is 24.3 Å². The molecule has 0 amide bonds. The molecular formula is C11H14FNO2. The average molecular weight is 211 g/mol. The number of halogens is 1. The topological polar surface area (TPSA) is 29.5 Å². The standard InChI is InChI=1S/C11H14FNO2/c12-11(13-5-7-15-8-6-13)4-2-1-3-10(11)9-14/h1-4,9-10H,5-8H2. The van der Waals surface area contributed by atoms with Crippen LogP contribution in [0.2, 0.25) is 0 Å². The molecule has 0 aromatic heterocycles. The van der Waals surface area contributed by atoms with Crippen molar-refractivity contribution in [3.63, 3.8) is 0 Å². The zero-order valence-electron chi connectivity index (χ0n) is 8.43. The van der Waals surface area contributed by atoms with E-state index in [1.54, 1.807) is 23.1 Å². The zero-order chi connectivity index (χ0) is 10.7. The van der Waals surface area contributed by atoms with Gasteiger partial charge in [0.05, 0.1) is 19.1 Å². The van der Waals surface area contributed by atoms with Crippen molar-refractivity contribution in [1.82, 2.24) is 4.90 Å². The molecule has 2 unspecified atom stereocenters. The van der Waals surface area contributed by atoms with E-state index < -0.39 is 11.7 Å². The first kappa shape index (κ1) is 10.5. The van der Waals surface area contributed by atoms with Gasteiger partial charge in [-0.3, -0.25) is 4.90 Å². The van der Waals surface area contributed by atoms with Crippen molar-refractivity contribution in [2.24, 2.45) is 5.92 Å². The van der Waals surface area contributed by atoms with E-state index in [2.05, 4.69) is 0 Å². The Morgan fingerprint density at radius 2 is 2.13 bits per heavy atom. The molecule has 0 bridgehead atoms. The maximum atomic E-state index is 14.6. The van der Waals surface area contributed by atoms with Gasteiger partial charge in [0.1, 0.15) is 6.29 Å². The second-order valence-corrected chi connectivity index (χ2v) is 3.73. The number of carbonyl (C=O) groups is 1. The summed E-state index contributed by atoms with van der Waals surface area (Å²) >= 11 is 0. The number of hydrogen-bond acceptors (Lipinski definition) is 3. The third-order valence-electron chi connectivity index (χ3n) is 2.87. The average Bonchev–Trinajstić information content (AvgIpc) is 2.31. The number of allylic oxidation sites excluding steroid dienone is 2. The first-order valence-electron chi connectivity index (χ1n) is 5.10. The third-order valence-corrected chi connectivity index (χ3v) is 2.87. The Hall–Kier alpha value is -1.00. The fraction of sp³-hybridized carbons (Fsp3) is 0.545. The lowest BCUT2D eigenvalue weighted by atomic mass is 9.92. The second kappa shape index (κ2) is 4.24. The highest BCUT2D eigenvalue weighted by Gasteiger charge is 2.42. The van der Waals surface area contributed by atoms with E-state index in [1.807, 2.05) is 0 Å². The van der Waals surface area contributed by atoms with Gasteiger partial charge in [-0.25, -0.2) is 4.39 Å². The van der Waals surface area contributed by atoms with Gasteiger partial charge in [-0.05, 0) is 6.08 Å². The SMILES string of the molecule is O=CC1C=CC=CC1(F)N1CCOCC1. The lowest BCUT2D eigenvalue weighted by molar-refractivity contribution is -0.123. The van der Waals surface area contributed by atoms with Gasteiger partial charge >= 0.3 is 0 Å². The van der Waals surface area contributed by atoms with Gasteiger partial charge in [-0.15, -0.1) is 0 Å². The molecule has 0 spiro atoms. The van der Waals surface area contributed by atoms with E-state index in [0.717, 1.165) is 0 Å². The van der Waals surface area contributed by atoms with Gasteiger partial charge in [0, 0.05) is 13.1 Å². The highest BCUT2D eigenvalue weighted by Crippen LogP contribution is 2.31. The molecule has 1 fully saturated rings. The van der Waals surface area contributed by atoms with E-state index in [1.165, 1.54) is 6.08 Å². The van der Waals surface area contributed by atoms with Crippen molar-refractivity contribution in [3.8, 4) is 0 Å². The smallest absolute Gasteiger partial charge is 0.196 e. The number of carbonyl (C=O) groups excluding carboxylic acids is 1. The Morgan fingerprint density at radius 3 is 2.80 bits per heavy atom. The summed E-state index contributed by atoms with van der Waals surface area (Å²) < 4.78 is 19.8. The summed E-state index contributed by atoms with van der Waals surface area (Å²) in [6, 6.07) is 0. The predicted octanol–water partition coefficient (Wildman–Crippen LogP) is 0.925. The van der Waals surface area contributed by atoms with Crippen molar-refractivity contribution in [1.29, 1.82) is 0 Å². The van der Waals surface area contributed by atoms with Crippen LogP contribution in [-0.2, 0) is 9.53 Å². The summed E-state index contributed by atoms with van der Waals surface area (Å²) in [5, 5.41) is 0. The van der Waals surface area contributed by atoms with Crippen LogP contribution in [0.5, 0.6) is 0 Å². The fourth-order valence-corrected chi connectivity index (χ4v) is 1.98. The predicted molar refractivity (Wildman–Crippen MR) is 54.1 cm³/mol. The monoisotopic (exact) mass is 211 g/mol. The van der Waals surface area contributed by atoms with E-state index >= 15 is 0 Å². The number of rotatable bonds is 2. The molecule has 1 heterocycles. The van der Waals surface area contributed by atoms with Crippen LogP contribution in [-0.4, -0.2) is 43.3 Å². The molecule has 1 aliphatic heterocycles. The number of aldehydes is 1. The molecule has 82 valence electrons. The highest BCUT2D eigenvalue weighted by atomic mass is 19.1. The number of nitrogens with zero attached hydrogens (tertiary/aromatic N) is 1. The first-order chi connectivity index (χ1) is 7.27. The summed E-state index contributed by atoms with van der Waals surface area (Å²) in [6.07, 6.45) is 7.07. The molecule has 0 radical (unpaired) electrons. The Labute approximate surface area is 88.2 Å². The summed E-state index contributed by atoms with van der Waals surface area (Å²) in [4.78, 5) is 12.5.